The van der Waals surface area contributed by atoms with E-state index in [0.29, 0.717) is 17.7 Å². The molecule has 164 valence electrons. The topological polar surface area (TPSA) is 38.8 Å². The van der Waals surface area contributed by atoms with Crippen LogP contribution < -0.4 is 4.74 Å². The van der Waals surface area contributed by atoms with Gasteiger partial charge in [-0.3, -0.25) is 4.79 Å². The number of halogens is 2. The molecule has 1 aliphatic rings. The lowest BCUT2D eigenvalue weighted by molar-refractivity contribution is -0.150. The van der Waals surface area contributed by atoms with Gasteiger partial charge in [-0.1, -0.05) is 36.4 Å². The fourth-order valence-corrected chi connectivity index (χ4v) is 3.71. The number of benzene rings is 2. The van der Waals surface area contributed by atoms with Crippen molar-refractivity contribution in [3.63, 3.8) is 0 Å². The summed E-state index contributed by atoms with van der Waals surface area (Å²) in [6.07, 6.45) is 6.06. The normalized spacial score (nSPS) is 18.5. The Morgan fingerprint density at radius 1 is 1.13 bits per heavy atom. The van der Waals surface area contributed by atoms with E-state index >= 15 is 0 Å². The minimum Gasteiger partial charge on any atom is -0.478 e. The molecule has 0 saturated heterocycles. The summed E-state index contributed by atoms with van der Waals surface area (Å²) in [6.45, 7) is 3.60. The van der Waals surface area contributed by atoms with Crippen LogP contribution in [0.15, 0.2) is 66.8 Å². The first-order chi connectivity index (χ1) is 14.7. The zero-order valence-electron chi connectivity index (χ0n) is 18.2. The molecule has 0 fully saturated rings. The van der Waals surface area contributed by atoms with Crippen molar-refractivity contribution in [2.75, 3.05) is 20.8 Å². The van der Waals surface area contributed by atoms with Crippen molar-refractivity contribution in [2.24, 2.45) is 0 Å². The number of methoxy groups -OCH3 is 1. The minimum atomic E-state index is -1.20. The van der Waals surface area contributed by atoms with Crippen molar-refractivity contribution in [2.45, 2.75) is 31.4 Å². The SMILES string of the molecule is COCC1(N(C)C(=O)C(C)(C)Oc2ccc(F)cc2)C=CC(c2ccccc2F)=CC1. The molecule has 0 heterocycles. The predicted molar refractivity (Wildman–Crippen MR) is 117 cm³/mol. The van der Waals surface area contributed by atoms with Crippen molar-refractivity contribution >= 4 is 11.5 Å². The number of hydrogen-bond acceptors (Lipinski definition) is 3. The van der Waals surface area contributed by atoms with E-state index in [1.807, 2.05) is 18.2 Å². The number of amides is 1. The monoisotopic (exact) mass is 427 g/mol. The van der Waals surface area contributed by atoms with Crippen LogP contribution in [0.3, 0.4) is 0 Å². The van der Waals surface area contributed by atoms with E-state index in [1.54, 1.807) is 51.1 Å². The van der Waals surface area contributed by atoms with Gasteiger partial charge in [0.25, 0.3) is 5.91 Å². The van der Waals surface area contributed by atoms with E-state index in [1.165, 1.54) is 30.3 Å². The summed E-state index contributed by atoms with van der Waals surface area (Å²) in [5.41, 5.74) is -0.674. The molecule has 0 saturated carbocycles. The fraction of sp³-hybridized carbons (Fsp3) is 0.320. The molecule has 1 amide bonds. The molecule has 3 rings (SSSR count). The number of allylic oxidation sites excluding steroid dienone is 2. The van der Waals surface area contributed by atoms with E-state index in [-0.39, 0.29) is 24.1 Å². The van der Waals surface area contributed by atoms with E-state index in [0.717, 1.165) is 5.57 Å². The first kappa shape index (κ1) is 22.7. The maximum atomic E-state index is 14.2. The molecular formula is C25H27F2NO3. The zero-order chi connectivity index (χ0) is 22.6. The number of likely N-dealkylation sites (N-methyl/N-ethyl adjacent to an activating group) is 1. The molecule has 1 unspecified atom stereocenters. The second-order valence-electron chi connectivity index (χ2n) is 8.14. The highest BCUT2D eigenvalue weighted by atomic mass is 19.1. The average molecular weight is 427 g/mol. The summed E-state index contributed by atoms with van der Waals surface area (Å²) < 4.78 is 38.7. The molecule has 2 aromatic carbocycles. The Bertz CT molecular complexity index is 998. The van der Waals surface area contributed by atoms with Gasteiger partial charge < -0.3 is 14.4 Å². The van der Waals surface area contributed by atoms with Gasteiger partial charge in [-0.15, -0.1) is 0 Å². The third-order valence-corrected chi connectivity index (χ3v) is 5.50. The van der Waals surface area contributed by atoms with Crippen molar-refractivity contribution < 1.29 is 23.0 Å². The lowest BCUT2D eigenvalue weighted by Gasteiger charge is -2.43. The number of nitrogens with zero attached hydrogens (tertiary/aromatic N) is 1. The first-order valence-corrected chi connectivity index (χ1v) is 10.0. The Labute approximate surface area is 181 Å². The Hall–Kier alpha value is -2.99. The number of carbonyl (C=O) groups excluding carboxylic acids is 1. The van der Waals surface area contributed by atoms with Gasteiger partial charge in [-0.2, -0.15) is 0 Å². The Balaban J connectivity index is 1.82. The third-order valence-electron chi connectivity index (χ3n) is 5.50. The molecule has 2 aromatic rings. The van der Waals surface area contributed by atoms with Gasteiger partial charge >= 0.3 is 0 Å². The number of carbonyl (C=O) groups is 1. The first-order valence-electron chi connectivity index (χ1n) is 10.0. The van der Waals surface area contributed by atoms with Crippen LogP contribution in [0.25, 0.3) is 5.57 Å². The largest absolute Gasteiger partial charge is 0.478 e. The quantitative estimate of drug-likeness (QED) is 0.624. The van der Waals surface area contributed by atoms with Gasteiger partial charge in [0, 0.05) is 19.7 Å². The van der Waals surface area contributed by atoms with E-state index in [4.69, 9.17) is 9.47 Å². The van der Waals surface area contributed by atoms with Gasteiger partial charge in [-0.05, 0) is 56.2 Å². The van der Waals surface area contributed by atoms with Crippen LogP contribution in [-0.4, -0.2) is 42.7 Å². The van der Waals surface area contributed by atoms with Gasteiger partial charge in [0.15, 0.2) is 5.60 Å². The molecule has 1 atom stereocenters. The molecule has 0 spiro atoms. The van der Waals surface area contributed by atoms with Gasteiger partial charge in [0.1, 0.15) is 17.4 Å². The highest BCUT2D eigenvalue weighted by Gasteiger charge is 2.42. The molecule has 31 heavy (non-hydrogen) atoms. The number of rotatable bonds is 7. The van der Waals surface area contributed by atoms with Gasteiger partial charge in [0.2, 0.25) is 0 Å². The summed E-state index contributed by atoms with van der Waals surface area (Å²) in [4.78, 5) is 15.0. The molecular weight excluding hydrogens is 400 g/mol. The smallest absolute Gasteiger partial charge is 0.266 e. The lowest BCUT2D eigenvalue weighted by atomic mass is 9.85. The summed E-state index contributed by atoms with van der Waals surface area (Å²) in [5.74, 6) is -0.538. The molecule has 0 aromatic heterocycles. The van der Waals surface area contributed by atoms with Crippen LogP contribution in [-0.2, 0) is 9.53 Å². The highest BCUT2D eigenvalue weighted by Crippen LogP contribution is 2.33. The second kappa shape index (κ2) is 9.02. The van der Waals surface area contributed by atoms with Gasteiger partial charge in [0.05, 0.1) is 12.1 Å². The molecule has 6 heteroatoms. The number of ether oxygens (including phenoxy) is 2. The highest BCUT2D eigenvalue weighted by molar-refractivity contribution is 5.86. The van der Waals surface area contributed by atoms with Crippen molar-refractivity contribution in [3.05, 3.63) is 84.0 Å². The zero-order valence-corrected chi connectivity index (χ0v) is 18.2. The van der Waals surface area contributed by atoms with Crippen LogP contribution in [0.1, 0.15) is 25.8 Å². The molecule has 0 bridgehead atoms. The second-order valence-corrected chi connectivity index (χ2v) is 8.14. The van der Waals surface area contributed by atoms with Crippen molar-refractivity contribution in [1.82, 2.24) is 4.90 Å². The lowest BCUT2D eigenvalue weighted by Crippen LogP contribution is -2.58. The van der Waals surface area contributed by atoms with Crippen molar-refractivity contribution in [3.8, 4) is 5.75 Å². The van der Waals surface area contributed by atoms with Gasteiger partial charge in [-0.25, -0.2) is 8.78 Å². The fourth-order valence-electron chi connectivity index (χ4n) is 3.71. The van der Waals surface area contributed by atoms with E-state index in [9.17, 15) is 13.6 Å². The van der Waals surface area contributed by atoms with Crippen LogP contribution in [0.4, 0.5) is 8.78 Å². The predicted octanol–water partition coefficient (Wildman–Crippen LogP) is 5.01. The van der Waals surface area contributed by atoms with Crippen molar-refractivity contribution in [1.29, 1.82) is 0 Å². The molecule has 0 aliphatic heterocycles. The molecule has 0 radical (unpaired) electrons. The average Bonchev–Trinajstić information content (AvgIpc) is 2.75. The summed E-state index contributed by atoms with van der Waals surface area (Å²) in [6, 6.07) is 12.1. The molecule has 4 nitrogen and oxygen atoms in total. The summed E-state index contributed by atoms with van der Waals surface area (Å²) >= 11 is 0. The van der Waals surface area contributed by atoms with Crippen LogP contribution in [0.5, 0.6) is 5.75 Å². The molecule has 0 N–H and O–H groups in total. The minimum absolute atomic E-state index is 0.263. The Morgan fingerprint density at radius 2 is 1.81 bits per heavy atom. The Kier molecular flexibility index (Phi) is 6.60. The maximum Gasteiger partial charge on any atom is 0.266 e. The van der Waals surface area contributed by atoms with Crippen LogP contribution >= 0.6 is 0 Å². The third kappa shape index (κ3) is 4.85. The molecule has 1 aliphatic carbocycles. The van der Waals surface area contributed by atoms with Crippen LogP contribution in [0.2, 0.25) is 0 Å². The maximum absolute atomic E-state index is 14.2. The summed E-state index contributed by atoms with van der Waals surface area (Å²) in [7, 11) is 3.27. The van der Waals surface area contributed by atoms with E-state index in [2.05, 4.69) is 0 Å². The summed E-state index contributed by atoms with van der Waals surface area (Å²) in [5, 5.41) is 0. The van der Waals surface area contributed by atoms with E-state index < -0.39 is 11.1 Å². The number of hydrogen-bond donors (Lipinski definition) is 0. The van der Waals surface area contributed by atoms with Crippen LogP contribution in [0, 0.1) is 11.6 Å². The standard InChI is InChI=1S/C25H27F2NO3/c1-24(2,31-20-11-9-19(26)10-12-20)23(29)28(3)25(17-30-4)15-13-18(14-16-25)21-7-5-6-8-22(21)27/h5-15H,16-17H2,1-4H3. The Morgan fingerprint density at radius 3 is 2.39 bits per heavy atom.